The lowest BCUT2D eigenvalue weighted by atomic mass is 10.2. The van der Waals surface area contributed by atoms with Crippen molar-refractivity contribution in [2.45, 2.75) is 77.0 Å². The Hall–Kier alpha value is -8.02. The average molecular weight is 1480 g/mol. The van der Waals surface area contributed by atoms with Crippen molar-refractivity contribution in [3.63, 3.8) is 0 Å². The summed E-state index contributed by atoms with van der Waals surface area (Å²) in [6.45, 7) is 9.96. The first-order valence-electron chi connectivity index (χ1n) is 36.5. The molecular formula is C66H128N26O12. The predicted molar refractivity (Wildman–Crippen MR) is 401 cm³/mol. The molecule has 0 heterocycles. The van der Waals surface area contributed by atoms with Gasteiger partial charge in [-0.15, -0.1) is 0 Å². The Bertz CT molecular complexity index is 2190. The molecule has 0 aliphatic carbocycles. The quantitative estimate of drug-likeness (QED) is 0.0288. The lowest BCUT2D eigenvalue weighted by Gasteiger charge is -2.28. The molecule has 1 rings (SSSR count). The zero-order chi connectivity index (χ0) is 76.8. The molecule has 0 aromatic heterocycles. The van der Waals surface area contributed by atoms with E-state index < -0.39 is 0 Å². The minimum absolute atomic E-state index is 0.00654. The fraction of sp³-hybridized carbons (Fsp3) is 0.727. The molecule has 0 saturated heterocycles. The molecule has 38 heteroatoms. The molecule has 594 valence electrons. The molecule has 0 aliphatic heterocycles. The Morgan fingerprint density at radius 2 is 0.317 bits per heavy atom. The summed E-state index contributed by atoms with van der Waals surface area (Å²) in [7, 11) is 0. The lowest BCUT2D eigenvalue weighted by molar-refractivity contribution is -0.123. The predicted octanol–water partition coefficient (Wildman–Crippen LogP) is -9.75. The molecule has 1 aromatic carbocycles. The van der Waals surface area contributed by atoms with Gasteiger partial charge < -0.3 is 139 Å². The van der Waals surface area contributed by atoms with Gasteiger partial charge in [0, 0.05) is 324 Å². The van der Waals surface area contributed by atoms with Crippen molar-refractivity contribution in [2.24, 2.45) is 45.9 Å². The summed E-state index contributed by atoms with van der Waals surface area (Å²) in [4.78, 5) is 166. The molecule has 28 N–H and O–H groups in total. The van der Waals surface area contributed by atoms with Crippen LogP contribution in [0.15, 0.2) is 24.3 Å². The number of hydrogen-bond acceptors (Lipinski definition) is 26. The van der Waals surface area contributed by atoms with E-state index in [4.69, 9.17) is 45.9 Å². The van der Waals surface area contributed by atoms with Crippen molar-refractivity contribution in [3.8, 4) is 0 Å². The highest BCUT2D eigenvalue weighted by Gasteiger charge is 2.20. The molecule has 0 aliphatic rings. The van der Waals surface area contributed by atoms with Gasteiger partial charge in [-0.25, -0.2) is 0 Å². The first-order valence-corrected chi connectivity index (χ1v) is 36.5. The maximum atomic E-state index is 13.7. The number of rotatable bonds is 66. The van der Waals surface area contributed by atoms with Crippen molar-refractivity contribution in [2.75, 3.05) is 245 Å². The minimum Gasteiger partial charge on any atom is -0.370 e. The SMILES string of the molecule is NCCNC(=O)CCN(CCNC(=O)CCN(CCC(=O)NCCN(CCC(=O)NCCN)CCC(=O)NCCN)c1ccc(N(CCC(=O)NCCN(CCC(=O)NCCN)CCC(=O)NCCN)CCC(=O)NCCN(CCC(=O)NCCN)CCC(=O)NCCN)cc1)CCC(=O)NCCN. The van der Waals surface area contributed by atoms with Crippen LogP contribution in [0.2, 0.25) is 0 Å². The van der Waals surface area contributed by atoms with Crippen LogP contribution >= 0.6 is 0 Å². The molecule has 0 unspecified atom stereocenters. The van der Waals surface area contributed by atoms with Gasteiger partial charge in [0.2, 0.25) is 70.9 Å². The summed E-state index contributed by atoms with van der Waals surface area (Å²) < 4.78 is 0. The molecular weight excluding hydrogens is 1350 g/mol. The number of amides is 12. The van der Waals surface area contributed by atoms with Gasteiger partial charge in [-0.2, -0.15) is 0 Å². The Kier molecular flexibility index (Phi) is 56.4. The van der Waals surface area contributed by atoms with Crippen molar-refractivity contribution < 1.29 is 57.5 Å². The highest BCUT2D eigenvalue weighted by molar-refractivity contribution is 5.81. The Labute approximate surface area is 613 Å². The van der Waals surface area contributed by atoms with Crippen LogP contribution in [-0.4, -0.2) is 326 Å². The second-order valence-corrected chi connectivity index (χ2v) is 24.4. The topological polar surface area (TPSA) is 577 Å². The second-order valence-electron chi connectivity index (χ2n) is 24.4. The van der Waals surface area contributed by atoms with Crippen molar-refractivity contribution in [1.82, 2.24) is 83.4 Å². The van der Waals surface area contributed by atoms with Gasteiger partial charge >= 0.3 is 0 Å². The third-order valence-electron chi connectivity index (χ3n) is 16.0. The average Bonchev–Trinajstić information content (AvgIpc) is 0.851. The lowest BCUT2D eigenvalue weighted by Crippen LogP contribution is -2.41. The number of nitrogens with two attached hydrogens (primary N) is 8. The van der Waals surface area contributed by atoms with Crippen molar-refractivity contribution in [3.05, 3.63) is 24.3 Å². The van der Waals surface area contributed by atoms with E-state index >= 15 is 0 Å². The van der Waals surface area contributed by atoms with Gasteiger partial charge in [-0.05, 0) is 24.3 Å². The number of nitrogens with one attached hydrogen (secondary N) is 12. The zero-order valence-corrected chi connectivity index (χ0v) is 61.5. The van der Waals surface area contributed by atoms with Crippen LogP contribution in [0.3, 0.4) is 0 Å². The fourth-order valence-electron chi connectivity index (χ4n) is 10.1. The van der Waals surface area contributed by atoms with Crippen molar-refractivity contribution >= 4 is 82.3 Å². The maximum Gasteiger partial charge on any atom is 0.221 e. The Morgan fingerprint density at radius 1 is 0.192 bits per heavy atom. The molecule has 0 bridgehead atoms. The number of benzene rings is 1. The van der Waals surface area contributed by atoms with Crippen LogP contribution in [-0.2, 0) is 57.5 Å². The molecule has 0 saturated carbocycles. The third-order valence-corrected chi connectivity index (χ3v) is 16.0. The number of carbonyl (C=O) groups excluding carboxylic acids is 12. The third kappa shape index (κ3) is 51.2. The number of anilines is 2. The highest BCUT2D eigenvalue weighted by atomic mass is 16.2. The largest absolute Gasteiger partial charge is 0.370 e. The standard InChI is InChI=1S/C66H128N26O12/c67-17-25-75-55(93)5-37-87(38-6-56(94)76-26-18-68)49-33-83-63(101)13-45-91(46-14-64(102)84-34-50-88(39-7-57(95)77-27-19-69)40-8-58(96)78-28-20-70)53-1-2-54(4-3-53)92(47-15-65(103)85-35-51-89(41-9-59(97)79-29-21-71)42-10-60(98)80-30-22-72)48-16-66(104)86-36-52-90(43-11-61(99)81-31-23-73)44-12-62(100)82-32-24-74/h1-4H,5-52,67-74H2,(H,75,93)(H,76,94)(H,77,95)(H,78,96)(H,79,97)(H,80,98)(H,81,99)(H,82,100)(H,83,101)(H,84,102)(H,85,103)(H,86,104). The van der Waals surface area contributed by atoms with E-state index in [1.54, 1.807) is 0 Å². The van der Waals surface area contributed by atoms with Gasteiger partial charge in [0.05, 0.1) is 0 Å². The molecule has 0 spiro atoms. The fourth-order valence-corrected chi connectivity index (χ4v) is 10.1. The molecule has 104 heavy (non-hydrogen) atoms. The summed E-state index contributed by atoms with van der Waals surface area (Å²) in [5.74, 6) is -2.84. The van der Waals surface area contributed by atoms with Gasteiger partial charge in [0.15, 0.2) is 0 Å². The molecule has 0 atom stereocenters. The van der Waals surface area contributed by atoms with E-state index in [2.05, 4.69) is 63.8 Å². The summed E-state index contributed by atoms with van der Waals surface area (Å²) in [6.07, 6.45) is 1.13. The van der Waals surface area contributed by atoms with Crippen molar-refractivity contribution in [1.29, 1.82) is 0 Å². The number of nitrogens with zero attached hydrogens (tertiary/aromatic N) is 6. The van der Waals surface area contributed by atoms with Gasteiger partial charge in [0.25, 0.3) is 0 Å². The summed E-state index contributed by atoms with van der Waals surface area (Å²) in [5.41, 5.74) is 45.8. The summed E-state index contributed by atoms with van der Waals surface area (Å²) in [6, 6.07) is 7.27. The molecule has 38 nitrogen and oxygen atoms in total. The Morgan fingerprint density at radius 3 is 0.452 bits per heavy atom. The monoisotopic (exact) mass is 1480 g/mol. The summed E-state index contributed by atoms with van der Waals surface area (Å²) in [5, 5.41) is 33.8. The number of carbonyl (C=O) groups is 12. The van der Waals surface area contributed by atoms with Crippen LogP contribution < -0.4 is 119 Å². The van der Waals surface area contributed by atoms with Crippen LogP contribution in [0.25, 0.3) is 0 Å². The smallest absolute Gasteiger partial charge is 0.221 e. The molecule has 1 aromatic rings. The van der Waals surface area contributed by atoms with E-state index in [1.807, 2.05) is 53.7 Å². The number of hydrogen-bond donors (Lipinski definition) is 20. The van der Waals surface area contributed by atoms with Gasteiger partial charge in [-0.3, -0.25) is 57.5 Å². The summed E-state index contributed by atoms with van der Waals surface area (Å²) >= 11 is 0. The van der Waals surface area contributed by atoms with E-state index in [0.717, 1.165) is 0 Å². The first-order chi connectivity index (χ1) is 50.2. The van der Waals surface area contributed by atoms with Crippen LogP contribution in [0.1, 0.15) is 77.0 Å². The highest BCUT2D eigenvalue weighted by Crippen LogP contribution is 2.23. The van der Waals surface area contributed by atoms with E-state index in [1.165, 1.54) is 0 Å². The molecule has 0 radical (unpaired) electrons. The van der Waals surface area contributed by atoms with E-state index in [9.17, 15) is 57.5 Å². The normalized spacial score (nSPS) is 11.0. The zero-order valence-electron chi connectivity index (χ0n) is 61.5. The second kappa shape index (κ2) is 62.4. The first kappa shape index (κ1) is 94.0. The van der Waals surface area contributed by atoms with E-state index in [-0.39, 0.29) is 253 Å². The van der Waals surface area contributed by atoms with Gasteiger partial charge in [-0.1, -0.05) is 0 Å². The Balaban J connectivity index is 3.63. The van der Waals surface area contributed by atoms with Crippen LogP contribution in [0.5, 0.6) is 0 Å². The minimum atomic E-state index is -0.304. The molecule has 0 fully saturated rings. The molecule has 12 amide bonds. The van der Waals surface area contributed by atoms with Crippen LogP contribution in [0.4, 0.5) is 11.4 Å². The van der Waals surface area contributed by atoms with E-state index in [0.29, 0.717) is 142 Å². The maximum absolute atomic E-state index is 13.7. The van der Waals surface area contributed by atoms with Gasteiger partial charge in [0.1, 0.15) is 0 Å². The van der Waals surface area contributed by atoms with Crippen LogP contribution in [0, 0.1) is 0 Å².